The Labute approximate surface area is 109 Å². The van der Waals surface area contributed by atoms with Crippen LogP contribution in [0.4, 0.5) is 5.69 Å². The van der Waals surface area contributed by atoms with Crippen molar-refractivity contribution < 1.29 is 4.92 Å². The molecule has 0 aliphatic heterocycles. The summed E-state index contributed by atoms with van der Waals surface area (Å²) < 4.78 is 0.794. The van der Waals surface area contributed by atoms with Crippen molar-refractivity contribution in [2.75, 3.05) is 6.54 Å². The summed E-state index contributed by atoms with van der Waals surface area (Å²) in [5.74, 6) is 1.66. The predicted octanol–water partition coefficient (Wildman–Crippen LogP) is 3.10. The van der Waals surface area contributed by atoms with Crippen LogP contribution in [0.2, 0.25) is 0 Å². The Kier molecular flexibility index (Phi) is 3.79. The molecule has 1 aromatic rings. The minimum absolute atomic E-state index is 0.122. The molecule has 0 spiro atoms. The van der Waals surface area contributed by atoms with Crippen molar-refractivity contribution in [1.29, 1.82) is 0 Å². The van der Waals surface area contributed by atoms with E-state index in [4.69, 9.17) is 0 Å². The lowest BCUT2D eigenvalue weighted by atomic mass is 10.2. The van der Waals surface area contributed by atoms with Crippen molar-refractivity contribution in [2.24, 2.45) is 11.8 Å². The summed E-state index contributed by atoms with van der Waals surface area (Å²) in [5.41, 5.74) is 1.18. The first-order valence-electron chi connectivity index (χ1n) is 5.71. The summed E-state index contributed by atoms with van der Waals surface area (Å²) in [4.78, 5) is 10.2. The molecule has 2 rings (SSSR count). The zero-order valence-electron chi connectivity index (χ0n) is 9.65. The van der Waals surface area contributed by atoms with E-state index in [1.807, 2.05) is 0 Å². The van der Waals surface area contributed by atoms with Crippen molar-refractivity contribution in [3.05, 3.63) is 38.3 Å². The van der Waals surface area contributed by atoms with Gasteiger partial charge in [0.2, 0.25) is 0 Å². The number of hydrogen-bond acceptors (Lipinski definition) is 3. The number of nitrogens with one attached hydrogen (secondary N) is 1. The van der Waals surface area contributed by atoms with Gasteiger partial charge in [-0.25, -0.2) is 0 Å². The van der Waals surface area contributed by atoms with E-state index in [1.54, 1.807) is 18.2 Å². The molecule has 0 radical (unpaired) electrons. The van der Waals surface area contributed by atoms with E-state index < -0.39 is 0 Å². The van der Waals surface area contributed by atoms with Crippen LogP contribution < -0.4 is 5.32 Å². The van der Waals surface area contributed by atoms with Crippen molar-refractivity contribution in [3.8, 4) is 0 Å². The van der Waals surface area contributed by atoms with E-state index in [0.29, 0.717) is 0 Å². The van der Waals surface area contributed by atoms with E-state index >= 15 is 0 Å². The SMILES string of the molecule is CC1CC1CNCc1ccc([N+](=O)[O-])cc1Br. The summed E-state index contributed by atoms with van der Waals surface area (Å²) >= 11 is 3.37. The fourth-order valence-electron chi connectivity index (χ4n) is 1.87. The summed E-state index contributed by atoms with van der Waals surface area (Å²) in [6.07, 6.45) is 1.31. The number of non-ortho nitro benzene ring substituents is 1. The Balaban J connectivity index is 1.89. The second kappa shape index (κ2) is 5.14. The molecule has 17 heavy (non-hydrogen) atoms. The quantitative estimate of drug-likeness (QED) is 0.671. The Bertz CT molecular complexity index is 437. The van der Waals surface area contributed by atoms with Crippen LogP contribution >= 0.6 is 15.9 Å². The normalized spacial score (nSPS) is 22.5. The van der Waals surface area contributed by atoms with Gasteiger partial charge >= 0.3 is 0 Å². The van der Waals surface area contributed by atoms with Gasteiger partial charge in [0, 0.05) is 23.2 Å². The number of benzene rings is 1. The minimum atomic E-state index is -0.381. The van der Waals surface area contributed by atoms with Gasteiger partial charge in [-0.1, -0.05) is 22.9 Å². The Morgan fingerprint density at radius 1 is 1.59 bits per heavy atom. The van der Waals surface area contributed by atoms with E-state index in [1.165, 1.54) is 6.42 Å². The van der Waals surface area contributed by atoms with Crippen LogP contribution in [0.25, 0.3) is 0 Å². The topological polar surface area (TPSA) is 55.2 Å². The molecule has 0 bridgehead atoms. The fourth-order valence-corrected chi connectivity index (χ4v) is 2.38. The second-order valence-electron chi connectivity index (χ2n) is 4.64. The molecule has 1 aromatic carbocycles. The molecule has 1 aliphatic carbocycles. The summed E-state index contributed by atoms with van der Waals surface area (Å²) in [5, 5.41) is 14.0. The highest BCUT2D eigenvalue weighted by atomic mass is 79.9. The number of nitro groups is 1. The van der Waals surface area contributed by atoms with Gasteiger partial charge in [-0.05, 0) is 36.4 Å². The van der Waals surface area contributed by atoms with Crippen LogP contribution in [-0.4, -0.2) is 11.5 Å². The first-order valence-corrected chi connectivity index (χ1v) is 6.50. The molecule has 2 unspecified atom stereocenters. The third-order valence-electron chi connectivity index (χ3n) is 3.25. The highest BCUT2D eigenvalue weighted by Gasteiger charge is 2.31. The van der Waals surface area contributed by atoms with Crippen LogP contribution in [0.3, 0.4) is 0 Å². The molecule has 0 heterocycles. The summed E-state index contributed by atoms with van der Waals surface area (Å²) in [7, 11) is 0. The summed E-state index contributed by atoms with van der Waals surface area (Å²) in [6.45, 7) is 4.04. The molecule has 0 saturated heterocycles. The maximum atomic E-state index is 10.6. The van der Waals surface area contributed by atoms with Crippen molar-refractivity contribution in [3.63, 3.8) is 0 Å². The number of rotatable bonds is 5. The van der Waals surface area contributed by atoms with Gasteiger partial charge < -0.3 is 5.32 Å². The van der Waals surface area contributed by atoms with Crippen LogP contribution in [0.5, 0.6) is 0 Å². The zero-order chi connectivity index (χ0) is 12.4. The van der Waals surface area contributed by atoms with E-state index in [9.17, 15) is 10.1 Å². The van der Waals surface area contributed by atoms with Gasteiger partial charge in [-0.15, -0.1) is 0 Å². The molecule has 1 N–H and O–H groups in total. The van der Waals surface area contributed by atoms with Gasteiger partial charge in [0.25, 0.3) is 5.69 Å². The molecule has 1 aliphatic rings. The first kappa shape index (κ1) is 12.5. The lowest BCUT2D eigenvalue weighted by Gasteiger charge is -2.06. The Morgan fingerprint density at radius 2 is 2.29 bits per heavy atom. The molecule has 1 fully saturated rings. The highest BCUT2D eigenvalue weighted by molar-refractivity contribution is 9.10. The lowest BCUT2D eigenvalue weighted by molar-refractivity contribution is -0.384. The first-order chi connectivity index (χ1) is 8.08. The zero-order valence-corrected chi connectivity index (χ0v) is 11.2. The lowest BCUT2D eigenvalue weighted by Crippen LogP contribution is -2.17. The largest absolute Gasteiger partial charge is 0.312 e. The van der Waals surface area contributed by atoms with E-state index in [0.717, 1.165) is 35.0 Å². The Morgan fingerprint density at radius 3 is 2.82 bits per heavy atom. The predicted molar refractivity (Wildman–Crippen MR) is 69.8 cm³/mol. The van der Waals surface area contributed by atoms with Crippen LogP contribution in [-0.2, 0) is 6.54 Å². The van der Waals surface area contributed by atoms with E-state index in [-0.39, 0.29) is 10.6 Å². The van der Waals surface area contributed by atoms with Crippen LogP contribution in [0.15, 0.2) is 22.7 Å². The van der Waals surface area contributed by atoms with Gasteiger partial charge in [-0.2, -0.15) is 0 Å². The molecule has 4 nitrogen and oxygen atoms in total. The van der Waals surface area contributed by atoms with Crippen LogP contribution in [0, 0.1) is 22.0 Å². The molecule has 1 saturated carbocycles. The number of halogens is 1. The molecular weight excluding hydrogens is 284 g/mol. The molecule has 5 heteroatoms. The average molecular weight is 299 g/mol. The third-order valence-corrected chi connectivity index (χ3v) is 3.98. The smallest absolute Gasteiger partial charge is 0.270 e. The monoisotopic (exact) mass is 298 g/mol. The van der Waals surface area contributed by atoms with E-state index in [2.05, 4.69) is 28.2 Å². The second-order valence-corrected chi connectivity index (χ2v) is 5.49. The molecule has 0 aromatic heterocycles. The minimum Gasteiger partial charge on any atom is -0.312 e. The highest BCUT2D eigenvalue weighted by Crippen LogP contribution is 2.36. The van der Waals surface area contributed by atoms with Gasteiger partial charge in [-0.3, -0.25) is 10.1 Å². The molecule has 2 atom stereocenters. The maximum absolute atomic E-state index is 10.6. The summed E-state index contributed by atoms with van der Waals surface area (Å²) in [6, 6.07) is 4.89. The molecule has 92 valence electrons. The van der Waals surface area contributed by atoms with Crippen molar-refractivity contribution in [1.82, 2.24) is 5.32 Å². The van der Waals surface area contributed by atoms with Crippen LogP contribution in [0.1, 0.15) is 18.9 Å². The maximum Gasteiger partial charge on any atom is 0.270 e. The third kappa shape index (κ3) is 3.26. The Hall–Kier alpha value is -0.940. The fraction of sp³-hybridized carbons (Fsp3) is 0.500. The molecular formula is C12H15BrN2O2. The van der Waals surface area contributed by atoms with Gasteiger partial charge in [0.15, 0.2) is 0 Å². The van der Waals surface area contributed by atoms with Gasteiger partial charge in [0.1, 0.15) is 0 Å². The average Bonchev–Trinajstić information content (AvgIpc) is 2.97. The van der Waals surface area contributed by atoms with Crippen molar-refractivity contribution >= 4 is 21.6 Å². The number of nitro benzene ring substituents is 1. The molecule has 0 amide bonds. The van der Waals surface area contributed by atoms with Crippen molar-refractivity contribution in [2.45, 2.75) is 19.9 Å². The van der Waals surface area contributed by atoms with Gasteiger partial charge in [0.05, 0.1) is 4.92 Å². The number of hydrogen-bond donors (Lipinski definition) is 1. The standard InChI is InChI=1S/C12H15BrN2O2/c1-8-4-10(8)7-14-6-9-2-3-11(15(16)17)5-12(9)13/h2-3,5,8,10,14H,4,6-7H2,1H3. The number of nitrogens with zero attached hydrogens (tertiary/aromatic N) is 1.